The Balaban J connectivity index is 2.39. The molecule has 0 amide bonds. The second-order valence-electron chi connectivity index (χ2n) is 2.08. The van der Waals surface area contributed by atoms with E-state index in [2.05, 4.69) is 11.9 Å². The summed E-state index contributed by atoms with van der Waals surface area (Å²) in [6.45, 7) is 4.84. The van der Waals surface area contributed by atoms with Gasteiger partial charge in [-0.15, -0.1) is 11.6 Å². The molecule has 0 aromatic heterocycles. The lowest BCUT2D eigenvalue weighted by atomic mass is 10.1. The molecule has 1 atom stereocenters. The summed E-state index contributed by atoms with van der Waals surface area (Å²) in [6.07, 6.45) is 2.27. The summed E-state index contributed by atoms with van der Waals surface area (Å²) in [6, 6.07) is 0. The van der Waals surface area contributed by atoms with Gasteiger partial charge in [0.1, 0.15) is 5.50 Å². The summed E-state index contributed by atoms with van der Waals surface area (Å²) >= 11 is 5.76. The zero-order valence-corrected chi connectivity index (χ0v) is 5.54. The van der Waals surface area contributed by atoms with Crippen molar-refractivity contribution in [3.8, 4) is 0 Å². The molecule has 8 heavy (non-hydrogen) atoms. The molecule has 0 radical (unpaired) electrons. The zero-order chi connectivity index (χ0) is 5.98. The van der Waals surface area contributed by atoms with E-state index in [0.717, 1.165) is 18.5 Å². The smallest absolute Gasteiger partial charge is 0.104 e. The molecule has 2 heteroatoms. The molecule has 46 valence electrons. The van der Waals surface area contributed by atoms with Crippen LogP contribution in [0.15, 0.2) is 12.2 Å². The van der Waals surface area contributed by atoms with Crippen LogP contribution in [0, 0.1) is 0 Å². The van der Waals surface area contributed by atoms with Crippen LogP contribution >= 0.6 is 11.6 Å². The van der Waals surface area contributed by atoms with Crippen molar-refractivity contribution in [2.24, 2.45) is 0 Å². The lowest BCUT2D eigenvalue weighted by Crippen LogP contribution is -2.30. The van der Waals surface area contributed by atoms with Gasteiger partial charge in [-0.3, -0.25) is 5.32 Å². The molecule has 1 nitrogen and oxygen atoms in total. The van der Waals surface area contributed by atoms with Gasteiger partial charge in [-0.1, -0.05) is 6.58 Å². The summed E-state index contributed by atoms with van der Waals surface area (Å²) < 4.78 is 0. The van der Waals surface area contributed by atoms with Crippen molar-refractivity contribution in [2.75, 3.05) is 6.54 Å². The van der Waals surface area contributed by atoms with Crippen molar-refractivity contribution >= 4 is 11.6 Å². The maximum atomic E-state index is 5.76. The fraction of sp³-hybridized carbons (Fsp3) is 0.667. The van der Waals surface area contributed by atoms with E-state index in [1.54, 1.807) is 0 Å². The van der Waals surface area contributed by atoms with Crippen molar-refractivity contribution < 1.29 is 0 Å². The Morgan fingerprint density at radius 1 is 1.75 bits per heavy atom. The molecular formula is C6H10ClN. The van der Waals surface area contributed by atoms with Crippen LogP contribution in [-0.2, 0) is 0 Å². The van der Waals surface area contributed by atoms with Gasteiger partial charge in [-0.05, 0) is 25.0 Å². The maximum absolute atomic E-state index is 5.76. The highest BCUT2D eigenvalue weighted by Gasteiger charge is 2.11. The highest BCUT2D eigenvalue weighted by atomic mass is 35.5. The maximum Gasteiger partial charge on any atom is 0.104 e. The van der Waals surface area contributed by atoms with Gasteiger partial charge in [0.2, 0.25) is 0 Å². The van der Waals surface area contributed by atoms with Crippen molar-refractivity contribution in [1.82, 2.24) is 5.32 Å². The largest absolute Gasteiger partial charge is 0.298 e. The van der Waals surface area contributed by atoms with E-state index in [0.29, 0.717) is 0 Å². The summed E-state index contributed by atoms with van der Waals surface area (Å²) in [5, 5.41) is 3.10. The number of alkyl halides is 1. The van der Waals surface area contributed by atoms with E-state index in [4.69, 9.17) is 11.6 Å². The van der Waals surface area contributed by atoms with E-state index in [1.165, 1.54) is 6.42 Å². The number of nitrogens with one attached hydrogen (secondary N) is 1. The molecule has 0 spiro atoms. The molecular weight excluding hydrogens is 122 g/mol. The molecule has 0 aromatic carbocycles. The minimum absolute atomic E-state index is 0.0312. The molecule has 1 aliphatic rings. The predicted molar refractivity (Wildman–Crippen MR) is 36.0 cm³/mol. The first kappa shape index (κ1) is 6.12. The average molecular weight is 132 g/mol. The normalized spacial score (nSPS) is 30.6. The van der Waals surface area contributed by atoms with Gasteiger partial charge in [0.25, 0.3) is 0 Å². The summed E-state index contributed by atoms with van der Waals surface area (Å²) in [5.41, 5.74) is 1.15. The van der Waals surface area contributed by atoms with Gasteiger partial charge < -0.3 is 0 Å². The van der Waals surface area contributed by atoms with Crippen LogP contribution in [0.3, 0.4) is 0 Å². The molecule has 1 aliphatic heterocycles. The Morgan fingerprint density at radius 3 is 2.88 bits per heavy atom. The number of rotatable bonds is 0. The fourth-order valence-electron chi connectivity index (χ4n) is 0.815. The summed E-state index contributed by atoms with van der Waals surface area (Å²) in [7, 11) is 0. The minimum atomic E-state index is 0.0312. The second-order valence-corrected chi connectivity index (χ2v) is 2.51. The van der Waals surface area contributed by atoms with Gasteiger partial charge in [-0.25, -0.2) is 0 Å². The molecule has 1 saturated heterocycles. The Hall–Kier alpha value is -0.0100. The van der Waals surface area contributed by atoms with Crippen molar-refractivity contribution in [2.45, 2.75) is 18.3 Å². The van der Waals surface area contributed by atoms with Gasteiger partial charge in [0.15, 0.2) is 0 Å². The van der Waals surface area contributed by atoms with Crippen LogP contribution in [0.25, 0.3) is 0 Å². The zero-order valence-electron chi connectivity index (χ0n) is 4.78. The van der Waals surface area contributed by atoms with E-state index >= 15 is 0 Å². The highest BCUT2D eigenvalue weighted by molar-refractivity contribution is 6.22. The average Bonchev–Trinajstić information content (AvgIpc) is 1.77. The lowest BCUT2D eigenvalue weighted by molar-refractivity contribution is 0.580. The Bertz CT molecular complexity index is 101. The van der Waals surface area contributed by atoms with Gasteiger partial charge in [-0.2, -0.15) is 0 Å². The van der Waals surface area contributed by atoms with Crippen LogP contribution in [0.2, 0.25) is 0 Å². The summed E-state index contributed by atoms with van der Waals surface area (Å²) in [5.74, 6) is 0. The lowest BCUT2D eigenvalue weighted by Gasteiger charge is -2.19. The molecule has 0 aromatic rings. The first-order valence-corrected chi connectivity index (χ1v) is 3.29. The van der Waals surface area contributed by atoms with Crippen LogP contribution in [-0.4, -0.2) is 12.0 Å². The van der Waals surface area contributed by atoms with Gasteiger partial charge in [0, 0.05) is 0 Å². The number of halogens is 1. The van der Waals surface area contributed by atoms with Crippen LogP contribution < -0.4 is 5.32 Å². The van der Waals surface area contributed by atoms with Crippen LogP contribution in [0.5, 0.6) is 0 Å². The number of piperidine rings is 1. The predicted octanol–water partition coefficient (Wildman–Crippen LogP) is 1.49. The monoisotopic (exact) mass is 131 g/mol. The van der Waals surface area contributed by atoms with Crippen LogP contribution in [0.4, 0.5) is 0 Å². The third-order valence-corrected chi connectivity index (χ3v) is 1.82. The highest BCUT2D eigenvalue weighted by Crippen LogP contribution is 2.14. The third kappa shape index (κ3) is 1.23. The third-order valence-electron chi connectivity index (χ3n) is 1.36. The second kappa shape index (κ2) is 2.51. The van der Waals surface area contributed by atoms with Crippen molar-refractivity contribution in [1.29, 1.82) is 0 Å². The molecule has 0 aliphatic carbocycles. The Morgan fingerprint density at radius 2 is 2.50 bits per heavy atom. The van der Waals surface area contributed by atoms with Crippen LogP contribution in [0.1, 0.15) is 12.8 Å². The molecule has 1 fully saturated rings. The first-order chi connectivity index (χ1) is 3.80. The standard InChI is InChI=1S/C6H10ClN/c1-5-3-2-4-8-6(5)7/h6,8H,1-4H2. The van der Waals surface area contributed by atoms with E-state index in [1.807, 2.05) is 0 Å². The number of hydrogen-bond acceptors (Lipinski definition) is 1. The molecule has 1 unspecified atom stereocenters. The Labute approximate surface area is 54.7 Å². The molecule has 1 heterocycles. The first-order valence-electron chi connectivity index (χ1n) is 2.86. The number of hydrogen-bond donors (Lipinski definition) is 1. The topological polar surface area (TPSA) is 12.0 Å². The van der Waals surface area contributed by atoms with Crippen molar-refractivity contribution in [3.63, 3.8) is 0 Å². The molecule has 0 bridgehead atoms. The van der Waals surface area contributed by atoms with E-state index in [9.17, 15) is 0 Å². The quantitative estimate of drug-likeness (QED) is 0.299. The Kier molecular flexibility index (Phi) is 1.92. The van der Waals surface area contributed by atoms with Crippen molar-refractivity contribution in [3.05, 3.63) is 12.2 Å². The fourth-order valence-corrected chi connectivity index (χ4v) is 1.03. The molecule has 0 saturated carbocycles. The minimum Gasteiger partial charge on any atom is -0.298 e. The van der Waals surface area contributed by atoms with Gasteiger partial charge in [0.05, 0.1) is 0 Å². The van der Waals surface area contributed by atoms with E-state index < -0.39 is 0 Å². The summed E-state index contributed by atoms with van der Waals surface area (Å²) in [4.78, 5) is 0. The van der Waals surface area contributed by atoms with Gasteiger partial charge >= 0.3 is 0 Å². The molecule has 1 rings (SSSR count). The SMILES string of the molecule is C=C1CCCNC1Cl. The molecule has 1 N–H and O–H groups in total. The van der Waals surface area contributed by atoms with E-state index in [-0.39, 0.29) is 5.50 Å².